The van der Waals surface area contributed by atoms with Gasteiger partial charge in [0.15, 0.2) is 0 Å². The largest absolute Gasteiger partial charge is 0.396 e. The number of rotatable bonds is 3. The predicted octanol–water partition coefficient (Wildman–Crippen LogP) is 0.392. The van der Waals surface area contributed by atoms with Gasteiger partial charge >= 0.3 is 0 Å². The third kappa shape index (κ3) is 2.11. The summed E-state index contributed by atoms with van der Waals surface area (Å²) in [6.07, 6.45) is 2.73. The van der Waals surface area contributed by atoms with E-state index in [9.17, 15) is 5.11 Å². The van der Waals surface area contributed by atoms with Crippen molar-refractivity contribution in [2.45, 2.75) is 13.0 Å². The Morgan fingerprint density at radius 3 is 3.00 bits per heavy atom. The monoisotopic (exact) mass is 208 g/mol. The van der Waals surface area contributed by atoms with Crippen LogP contribution in [0, 0.1) is 5.92 Å². The summed E-state index contributed by atoms with van der Waals surface area (Å²) < 4.78 is 0. The maximum atomic E-state index is 9.19. The van der Waals surface area contributed by atoms with Crippen molar-refractivity contribution in [2.75, 3.05) is 24.6 Å². The minimum Gasteiger partial charge on any atom is -0.396 e. The molecule has 2 heterocycles. The summed E-state index contributed by atoms with van der Waals surface area (Å²) in [5.41, 5.74) is 0.857. The smallest absolute Gasteiger partial charge is 0.134 e. The first kappa shape index (κ1) is 10.4. The lowest BCUT2D eigenvalue weighted by atomic mass is 10.1. The molecular weight excluding hydrogens is 192 g/mol. The van der Waals surface area contributed by atoms with Crippen LogP contribution in [0.5, 0.6) is 0 Å². The molecule has 1 aliphatic rings. The molecule has 1 aromatic heterocycles. The third-order valence-electron chi connectivity index (χ3n) is 2.88. The molecule has 0 spiro atoms. The van der Waals surface area contributed by atoms with Gasteiger partial charge in [0.1, 0.15) is 5.82 Å². The minimum atomic E-state index is 0.0173. The molecule has 1 aromatic rings. The molecule has 1 aliphatic heterocycles. The Balaban J connectivity index is 2.16. The van der Waals surface area contributed by atoms with E-state index in [1.807, 2.05) is 12.1 Å². The van der Waals surface area contributed by atoms with E-state index in [1.54, 1.807) is 6.20 Å². The van der Waals surface area contributed by atoms with E-state index in [2.05, 4.69) is 9.88 Å². The highest BCUT2D eigenvalue weighted by molar-refractivity contribution is 5.47. The van der Waals surface area contributed by atoms with E-state index >= 15 is 0 Å². The zero-order valence-electron chi connectivity index (χ0n) is 8.63. The average molecular weight is 208 g/mol. The Morgan fingerprint density at radius 1 is 1.47 bits per heavy atom. The van der Waals surface area contributed by atoms with E-state index in [0.29, 0.717) is 5.92 Å². The minimum absolute atomic E-state index is 0.0173. The van der Waals surface area contributed by atoms with E-state index in [0.717, 1.165) is 30.9 Å². The molecule has 1 saturated heterocycles. The maximum Gasteiger partial charge on any atom is 0.134 e. The Morgan fingerprint density at radius 2 is 2.33 bits per heavy atom. The second-order valence-corrected chi connectivity index (χ2v) is 3.93. The molecule has 0 bridgehead atoms. The Bertz CT molecular complexity index is 330. The second kappa shape index (κ2) is 4.59. The molecule has 0 aliphatic carbocycles. The van der Waals surface area contributed by atoms with Gasteiger partial charge in [0.05, 0.1) is 6.61 Å². The maximum absolute atomic E-state index is 9.19. The van der Waals surface area contributed by atoms with Crippen molar-refractivity contribution >= 4 is 5.82 Å². The highest BCUT2D eigenvalue weighted by Gasteiger charge is 2.23. The number of anilines is 1. The fourth-order valence-electron chi connectivity index (χ4n) is 2.01. The molecule has 2 rings (SSSR count). The van der Waals surface area contributed by atoms with E-state index < -0.39 is 0 Å². The molecule has 82 valence electrons. The first-order valence-corrected chi connectivity index (χ1v) is 5.25. The summed E-state index contributed by atoms with van der Waals surface area (Å²) in [6, 6.07) is 3.71. The van der Waals surface area contributed by atoms with Crippen LogP contribution in [0.4, 0.5) is 5.82 Å². The first-order valence-electron chi connectivity index (χ1n) is 5.25. The normalized spacial score (nSPS) is 20.9. The Labute approximate surface area is 89.2 Å². The summed E-state index contributed by atoms with van der Waals surface area (Å²) in [5, 5.41) is 18.2. The van der Waals surface area contributed by atoms with Crippen LogP contribution in [0.2, 0.25) is 0 Å². The third-order valence-corrected chi connectivity index (χ3v) is 2.88. The van der Waals surface area contributed by atoms with Gasteiger partial charge in [-0.2, -0.15) is 0 Å². The van der Waals surface area contributed by atoms with Crippen LogP contribution in [-0.2, 0) is 6.61 Å². The van der Waals surface area contributed by atoms with Crippen LogP contribution < -0.4 is 4.90 Å². The number of aromatic nitrogens is 1. The molecule has 0 aromatic carbocycles. The van der Waals surface area contributed by atoms with Gasteiger partial charge in [0, 0.05) is 37.4 Å². The molecule has 1 unspecified atom stereocenters. The number of aliphatic hydroxyl groups is 2. The van der Waals surface area contributed by atoms with Gasteiger partial charge in [-0.05, 0) is 12.5 Å². The zero-order valence-corrected chi connectivity index (χ0v) is 8.63. The summed E-state index contributed by atoms with van der Waals surface area (Å²) in [4.78, 5) is 6.42. The fourth-order valence-corrected chi connectivity index (χ4v) is 2.01. The topological polar surface area (TPSA) is 56.6 Å². The van der Waals surface area contributed by atoms with Gasteiger partial charge in [-0.1, -0.05) is 6.07 Å². The fraction of sp³-hybridized carbons (Fsp3) is 0.545. The van der Waals surface area contributed by atoms with E-state index in [-0.39, 0.29) is 13.2 Å². The summed E-state index contributed by atoms with van der Waals surface area (Å²) in [6.45, 7) is 2.00. The van der Waals surface area contributed by atoms with Crippen LogP contribution in [0.15, 0.2) is 18.3 Å². The van der Waals surface area contributed by atoms with Crippen molar-refractivity contribution in [3.63, 3.8) is 0 Å². The van der Waals surface area contributed by atoms with Crippen molar-refractivity contribution in [2.24, 2.45) is 5.92 Å². The molecule has 1 fully saturated rings. The first-order chi connectivity index (χ1) is 7.35. The number of hydrogen-bond acceptors (Lipinski definition) is 4. The number of pyridine rings is 1. The molecule has 1 atom stereocenters. The lowest BCUT2D eigenvalue weighted by molar-refractivity contribution is 0.238. The predicted molar refractivity (Wildman–Crippen MR) is 57.6 cm³/mol. The molecule has 4 nitrogen and oxygen atoms in total. The summed E-state index contributed by atoms with van der Waals surface area (Å²) in [5.74, 6) is 1.20. The van der Waals surface area contributed by atoms with Gasteiger partial charge in [0.25, 0.3) is 0 Å². The highest BCUT2D eigenvalue weighted by atomic mass is 16.3. The van der Waals surface area contributed by atoms with Gasteiger partial charge < -0.3 is 15.1 Å². The van der Waals surface area contributed by atoms with E-state index in [4.69, 9.17) is 5.11 Å². The van der Waals surface area contributed by atoms with Gasteiger partial charge in [-0.3, -0.25) is 0 Å². The van der Waals surface area contributed by atoms with Crippen LogP contribution >= 0.6 is 0 Å². The Hall–Kier alpha value is -1.13. The molecule has 0 radical (unpaired) electrons. The molecule has 2 N–H and O–H groups in total. The van der Waals surface area contributed by atoms with Crippen molar-refractivity contribution in [1.29, 1.82) is 0 Å². The molecule has 15 heavy (non-hydrogen) atoms. The SMILES string of the molecule is OCc1cccnc1N1CCC(CO)C1. The highest BCUT2D eigenvalue weighted by Crippen LogP contribution is 2.24. The summed E-state index contributed by atoms with van der Waals surface area (Å²) >= 11 is 0. The number of aliphatic hydroxyl groups excluding tert-OH is 2. The van der Waals surface area contributed by atoms with E-state index in [1.165, 1.54) is 0 Å². The molecule has 4 heteroatoms. The van der Waals surface area contributed by atoms with Crippen LogP contribution in [0.25, 0.3) is 0 Å². The van der Waals surface area contributed by atoms with Crippen LogP contribution in [0.1, 0.15) is 12.0 Å². The molecular formula is C11H16N2O2. The van der Waals surface area contributed by atoms with Crippen molar-refractivity contribution < 1.29 is 10.2 Å². The lowest BCUT2D eigenvalue weighted by Crippen LogP contribution is -2.23. The second-order valence-electron chi connectivity index (χ2n) is 3.93. The number of hydrogen-bond donors (Lipinski definition) is 2. The van der Waals surface area contributed by atoms with Crippen molar-refractivity contribution in [3.05, 3.63) is 23.9 Å². The summed E-state index contributed by atoms with van der Waals surface area (Å²) in [7, 11) is 0. The number of nitrogens with zero attached hydrogens (tertiary/aromatic N) is 2. The molecule has 0 amide bonds. The van der Waals surface area contributed by atoms with Gasteiger partial charge in [-0.25, -0.2) is 4.98 Å². The lowest BCUT2D eigenvalue weighted by Gasteiger charge is -2.19. The van der Waals surface area contributed by atoms with Crippen molar-refractivity contribution in [3.8, 4) is 0 Å². The van der Waals surface area contributed by atoms with Gasteiger partial charge in [-0.15, -0.1) is 0 Å². The van der Waals surface area contributed by atoms with Gasteiger partial charge in [0.2, 0.25) is 0 Å². The van der Waals surface area contributed by atoms with Crippen molar-refractivity contribution in [1.82, 2.24) is 4.98 Å². The van der Waals surface area contributed by atoms with Crippen LogP contribution in [-0.4, -0.2) is 34.9 Å². The average Bonchev–Trinajstić information content (AvgIpc) is 2.77. The van der Waals surface area contributed by atoms with Crippen LogP contribution in [0.3, 0.4) is 0 Å². The molecule has 0 saturated carbocycles. The zero-order chi connectivity index (χ0) is 10.7. The quantitative estimate of drug-likeness (QED) is 0.754. The standard InChI is InChI=1S/C11H16N2O2/c14-7-9-3-5-13(6-9)11-10(8-15)2-1-4-12-11/h1-2,4,9,14-15H,3,5-8H2. The Kier molecular flexibility index (Phi) is 3.18.